The molecule has 10 heteroatoms. The number of aliphatic hydroxyl groups excluding tert-OH is 1. The third-order valence-electron chi connectivity index (χ3n) is 9.22. The largest absolute Gasteiger partial charge is 0.494 e. The molecule has 0 radical (unpaired) electrons. The fourth-order valence-corrected chi connectivity index (χ4v) is 7.51. The Bertz CT molecular complexity index is 1490. The van der Waals surface area contributed by atoms with E-state index in [9.17, 15) is 19.5 Å². The second-order valence-corrected chi connectivity index (χ2v) is 11.9. The van der Waals surface area contributed by atoms with Crippen molar-refractivity contribution in [3.05, 3.63) is 77.9 Å². The molecule has 9 nitrogen and oxygen atoms in total. The maximum absolute atomic E-state index is 14.6. The number of anilines is 2. The summed E-state index contributed by atoms with van der Waals surface area (Å²) in [6, 6.07) is 12.5. The average Bonchev–Trinajstić information content (AvgIpc) is 3.31. The molecule has 4 aliphatic rings. The number of nitrogens with zero attached hydrogens (tertiary/aromatic N) is 3. The Balaban J connectivity index is 1.47. The van der Waals surface area contributed by atoms with E-state index in [0.717, 1.165) is 0 Å². The molecule has 1 spiro atoms. The number of fused-ring (bicyclic) bond motifs is 2. The maximum atomic E-state index is 14.6. The number of hydrogen-bond acceptors (Lipinski definition) is 6. The molecular weight excluding hydrogens is 570 g/mol. The van der Waals surface area contributed by atoms with Crippen LogP contribution in [0.15, 0.2) is 72.8 Å². The third-order valence-corrected chi connectivity index (χ3v) is 9.54. The normalized spacial score (nSPS) is 30.6. The molecule has 1 N–H and O–H groups in total. The van der Waals surface area contributed by atoms with Gasteiger partial charge in [-0.2, -0.15) is 0 Å². The topological polar surface area (TPSA) is 99.6 Å². The Kier molecular flexibility index (Phi) is 7.61. The Morgan fingerprint density at radius 3 is 2.33 bits per heavy atom. The predicted molar refractivity (Wildman–Crippen MR) is 163 cm³/mol. The van der Waals surface area contributed by atoms with Gasteiger partial charge in [-0.25, -0.2) is 0 Å². The molecule has 2 aromatic rings. The maximum Gasteiger partial charge on any atom is 0.253 e. The highest BCUT2D eigenvalue weighted by atomic mass is 35.5. The fraction of sp³-hybridized carbons (Fsp3) is 0.424. The van der Waals surface area contributed by atoms with Gasteiger partial charge in [-0.05, 0) is 56.7 Å². The van der Waals surface area contributed by atoms with Crippen molar-refractivity contribution in [3.63, 3.8) is 0 Å². The van der Waals surface area contributed by atoms with Crippen LogP contribution in [0, 0.1) is 11.8 Å². The average molecular weight is 606 g/mol. The second kappa shape index (κ2) is 11.1. The van der Waals surface area contributed by atoms with Gasteiger partial charge in [-0.15, -0.1) is 0 Å². The van der Waals surface area contributed by atoms with Gasteiger partial charge < -0.3 is 29.3 Å². The van der Waals surface area contributed by atoms with Crippen LogP contribution in [0.1, 0.15) is 27.2 Å². The van der Waals surface area contributed by atoms with Crippen LogP contribution in [0.4, 0.5) is 11.4 Å². The molecule has 6 atom stereocenters. The minimum Gasteiger partial charge on any atom is -0.494 e. The van der Waals surface area contributed by atoms with E-state index in [1.807, 2.05) is 56.3 Å². The predicted octanol–water partition coefficient (Wildman–Crippen LogP) is 3.99. The molecule has 0 aliphatic carbocycles. The highest BCUT2D eigenvalue weighted by Crippen LogP contribution is 2.59. The summed E-state index contributed by atoms with van der Waals surface area (Å²) in [7, 11) is 0. The van der Waals surface area contributed by atoms with Crippen LogP contribution in [0.25, 0.3) is 0 Å². The lowest BCUT2D eigenvalue weighted by atomic mass is 9.73. The molecular formula is C33H36ClN3O6. The molecule has 226 valence electrons. The molecule has 2 aromatic carbocycles. The van der Waals surface area contributed by atoms with Crippen LogP contribution in [-0.4, -0.2) is 77.3 Å². The van der Waals surface area contributed by atoms with Crippen molar-refractivity contribution < 1.29 is 29.0 Å². The van der Waals surface area contributed by atoms with Gasteiger partial charge in [0.1, 0.15) is 17.4 Å². The molecule has 3 amide bonds. The molecule has 4 heterocycles. The van der Waals surface area contributed by atoms with E-state index in [0.29, 0.717) is 41.7 Å². The first-order valence-corrected chi connectivity index (χ1v) is 15.2. The Hall–Kier alpha value is -3.66. The van der Waals surface area contributed by atoms with Crippen LogP contribution in [-0.2, 0) is 19.1 Å². The van der Waals surface area contributed by atoms with E-state index < -0.39 is 35.1 Å². The number of hydrogen-bond donors (Lipinski definition) is 1. The Morgan fingerprint density at radius 2 is 1.65 bits per heavy atom. The summed E-state index contributed by atoms with van der Waals surface area (Å²) in [6.07, 6.45) is 7.84. The number of para-hydroxylation sites is 1. The van der Waals surface area contributed by atoms with Crippen LogP contribution in [0.2, 0.25) is 5.02 Å². The van der Waals surface area contributed by atoms with E-state index >= 15 is 0 Å². The number of benzene rings is 2. The number of aliphatic hydroxyl groups is 1. The summed E-state index contributed by atoms with van der Waals surface area (Å²) in [4.78, 5) is 48.4. The number of halogens is 1. The molecule has 6 rings (SSSR count). The van der Waals surface area contributed by atoms with Crippen LogP contribution < -0.4 is 14.5 Å². The first-order chi connectivity index (χ1) is 20.7. The summed E-state index contributed by atoms with van der Waals surface area (Å²) in [5.74, 6) is -2.21. The standard InChI is InChI=1S/C33H36ClN3O6/c1-4-32-16-8-18-35(22-12-14-23(15-13-22)42-5-2)29(39)26(32)27-30(40)37(21(3)20-38)28-31(41)36(19-9-17-33(27,28)43-32)25-11-7-6-10-24(25)34/h6-17,21,26-28,38H,4-5,18-20H2,1-3H3/t21-,26+,27+,28?,32-,33+/m1/s1. The Morgan fingerprint density at radius 1 is 0.953 bits per heavy atom. The third kappa shape index (κ3) is 4.39. The lowest BCUT2D eigenvalue weighted by Gasteiger charge is -2.40. The number of rotatable bonds is 7. The summed E-state index contributed by atoms with van der Waals surface area (Å²) in [6.45, 7) is 6.21. The van der Waals surface area contributed by atoms with Crippen molar-refractivity contribution in [2.24, 2.45) is 11.8 Å². The molecule has 0 aromatic heterocycles. The highest BCUT2D eigenvalue weighted by molar-refractivity contribution is 6.34. The van der Waals surface area contributed by atoms with Crippen molar-refractivity contribution in [1.29, 1.82) is 0 Å². The summed E-state index contributed by atoms with van der Waals surface area (Å²) < 4.78 is 12.6. The van der Waals surface area contributed by atoms with Gasteiger partial charge >= 0.3 is 0 Å². The monoisotopic (exact) mass is 605 g/mol. The van der Waals surface area contributed by atoms with Crippen LogP contribution in [0.3, 0.4) is 0 Å². The molecule has 1 unspecified atom stereocenters. The quantitative estimate of drug-likeness (QED) is 0.479. The van der Waals surface area contributed by atoms with Gasteiger partial charge in [0.05, 0.1) is 47.4 Å². The van der Waals surface area contributed by atoms with Gasteiger partial charge in [0.15, 0.2) is 0 Å². The van der Waals surface area contributed by atoms with Crippen molar-refractivity contribution >= 4 is 40.7 Å². The number of ether oxygens (including phenoxy) is 2. The zero-order valence-electron chi connectivity index (χ0n) is 24.5. The molecule has 2 saturated heterocycles. The minimum atomic E-state index is -1.43. The van der Waals surface area contributed by atoms with E-state index in [1.54, 1.807) is 47.1 Å². The second-order valence-electron chi connectivity index (χ2n) is 11.5. The van der Waals surface area contributed by atoms with E-state index in [1.165, 1.54) is 4.90 Å². The smallest absolute Gasteiger partial charge is 0.253 e. The first kappa shape index (κ1) is 29.4. The summed E-state index contributed by atoms with van der Waals surface area (Å²) in [5, 5.41) is 10.6. The molecule has 4 aliphatic heterocycles. The fourth-order valence-electron chi connectivity index (χ4n) is 7.27. The number of amides is 3. The lowest BCUT2D eigenvalue weighted by molar-refractivity contribution is -0.148. The van der Waals surface area contributed by atoms with Crippen molar-refractivity contribution in [2.45, 2.75) is 50.5 Å². The van der Waals surface area contributed by atoms with Crippen molar-refractivity contribution in [2.75, 3.05) is 36.1 Å². The van der Waals surface area contributed by atoms with E-state index in [4.69, 9.17) is 21.1 Å². The van der Waals surface area contributed by atoms with E-state index in [-0.39, 0.29) is 30.9 Å². The zero-order valence-corrected chi connectivity index (χ0v) is 25.2. The van der Waals surface area contributed by atoms with E-state index in [2.05, 4.69) is 0 Å². The molecule has 0 bridgehead atoms. The van der Waals surface area contributed by atoms with Gasteiger partial charge in [-0.1, -0.05) is 55.0 Å². The van der Waals surface area contributed by atoms with Crippen molar-refractivity contribution in [1.82, 2.24) is 4.90 Å². The number of carbonyl (C=O) groups is 3. The highest BCUT2D eigenvalue weighted by Gasteiger charge is 2.75. The van der Waals surface area contributed by atoms with Gasteiger partial charge in [0.2, 0.25) is 11.8 Å². The van der Waals surface area contributed by atoms with Gasteiger partial charge in [-0.3, -0.25) is 14.4 Å². The minimum absolute atomic E-state index is 0.207. The SMILES string of the molecule is CCOc1ccc(N2CC=C[C@@]3(CC)O[C@]45C=CCN(c6ccccc6Cl)C(=O)C4N([C@H](C)CO)C(=O)[C@@H]5[C@H]3C2=O)cc1. The molecule has 2 fully saturated rings. The zero-order chi connectivity index (χ0) is 30.5. The van der Waals surface area contributed by atoms with Gasteiger partial charge in [0, 0.05) is 18.8 Å². The van der Waals surface area contributed by atoms with Gasteiger partial charge in [0.25, 0.3) is 5.91 Å². The number of carbonyl (C=O) groups excluding carboxylic acids is 3. The summed E-state index contributed by atoms with van der Waals surface area (Å²) in [5.41, 5.74) is -1.37. The lowest BCUT2D eigenvalue weighted by Crippen LogP contribution is -2.58. The molecule has 43 heavy (non-hydrogen) atoms. The summed E-state index contributed by atoms with van der Waals surface area (Å²) >= 11 is 6.53. The molecule has 0 saturated carbocycles. The van der Waals surface area contributed by atoms with Crippen LogP contribution >= 0.6 is 11.6 Å². The Labute approximate surface area is 256 Å². The first-order valence-electron chi connectivity index (χ1n) is 14.8. The van der Waals surface area contributed by atoms with Crippen LogP contribution in [0.5, 0.6) is 5.75 Å². The number of likely N-dealkylation sites (tertiary alicyclic amines) is 1. The van der Waals surface area contributed by atoms with Crippen molar-refractivity contribution in [3.8, 4) is 5.75 Å².